The van der Waals surface area contributed by atoms with Gasteiger partial charge in [-0.25, -0.2) is 0 Å². The van der Waals surface area contributed by atoms with Crippen LogP contribution in [0.15, 0.2) is 23.1 Å². The van der Waals surface area contributed by atoms with Crippen LogP contribution < -0.4 is 0 Å². The predicted molar refractivity (Wildman–Crippen MR) is 65.7 cm³/mol. The maximum absolute atomic E-state index is 5.91. The van der Waals surface area contributed by atoms with Crippen LogP contribution >= 0.6 is 34.4 Å². The summed E-state index contributed by atoms with van der Waals surface area (Å²) in [6, 6.07) is 5.82. The van der Waals surface area contributed by atoms with E-state index in [4.69, 9.17) is 23.2 Å². The van der Waals surface area contributed by atoms with Crippen molar-refractivity contribution < 1.29 is 0 Å². The highest BCUT2D eigenvalue weighted by atomic mass is 35.5. The first-order valence-corrected chi connectivity index (χ1v) is 9.82. The standard InChI is InChI=1S/C9H12Cl2SSi/c1-13(2,3)12-7-4-5-8(10)9(11)6-7/h4-6H,1-3H3. The van der Waals surface area contributed by atoms with Crippen molar-refractivity contribution in [1.29, 1.82) is 0 Å². The fraction of sp³-hybridized carbons (Fsp3) is 0.333. The van der Waals surface area contributed by atoms with E-state index in [2.05, 4.69) is 19.6 Å². The van der Waals surface area contributed by atoms with Crippen LogP contribution in [0.5, 0.6) is 0 Å². The summed E-state index contributed by atoms with van der Waals surface area (Å²) in [5, 5.41) is 1.27. The highest BCUT2D eigenvalue weighted by Crippen LogP contribution is 2.33. The van der Waals surface area contributed by atoms with E-state index in [1.165, 1.54) is 4.90 Å². The molecule has 0 radical (unpaired) electrons. The highest BCUT2D eigenvalue weighted by Gasteiger charge is 2.15. The first-order valence-electron chi connectivity index (χ1n) is 4.02. The van der Waals surface area contributed by atoms with Gasteiger partial charge >= 0.3 is 0 Å². The van der Waals surface area contributed by atoms with Gasteiger partial charge in [0.25, 0.3) is 0 Å². The van der Waals surface area contributed by atoms with Crippen LogP contribution in [0.3, 0.4) is 0 Å². The lowest BCUT2D eigenvalue weighted by Crippen LogP contribution is -2.13. The van der Waals surface area contributed by atoms with Crippen LogP contribution in [-0.2, 0) is 0 Å². The molecule has 13 heavy (non-hydrogen) atoms. The van der Waals surface area contributed by atoms with Crippen molar-refractivity contribution in [3.8, 4) is 0 Å². The Kier molecular flexibility index (Phi) is 3.75. The van der Waals surface area contributed by atoms with Crippen LogP contribution in [0, 0.1) is 0 Å². The molecule has 0 aromatic heterocycles. The van der Waals surface area contributed by atoms with Crippen molar-refractivity contribution in [1.82, 2.24) is 0 Å². The Morgan fingerprint density at radius 2 is 1.69 bits per heavy atom. The monoisotopic (exact) mass is 250 g/mol. The van der Waals surface area contributed by atoms with Crippen molar-refractivity contribution in [3.05, 3.63) is 28.2 Å². The quantitative estimate of drug-likeness (QED) is 0.672. The molecule has 0 saturated carbocycles. The minimum absolute atomic E-state index is 0.626. The smallest absolute Gasteiger partial charge is 0.114 e. The van der Waals surface area contributed by atoms with Gasteiger partial charge in [0.2, 0.25) is 0 Å². The van der Waals surface area contributed by atoms with Crippen LogP contribution in [0.2, 0.25) is 29.7 Å². The molecule has 0 saturated heterocycles. The fourth-order valence-electron chi connectivity index (χ4n) is 0.894. The van der Waals surface area contributed by atoms with Crippen LogP contribution in [0.4, 0.5) is 0 Å². The van der Waals surface area contributed by atoms with Gasteiger partial charge in [0, 0.05) is 4.90 Å². The van der Waals surface area contributed by atoms with Gasteiger partial charge in [-0.05, 0) is 18.2 Å². The van der Waals surface area contributed by atoms with Crippen molar-refractivity contribution >= 4 is 41.6 Å². The van der Waals surface area contributed by atoms with E-state index in [9.17, 15) is 0 Å². The SMILES string of the molecule is C[Si](C)(C)Sc1ccc(Cl)c(Cl)c1. The fourth-order valence-corrected chi connectivity index (χ4v) is 4.78. The maximum atomic E-state index is 5.91. The highest BCUT2D eigenvalue weighted by molar-refractivity contribution is 8.28. The van der Waals surface area contributed by atoms with E-state index < -0.39 is 7.22 Å². The Hall–Kier alpha value is 0.367. The molecule has 0 nitrogen and oxygen atoms in total. The van der Waals surface area contributed by atoms with E-state index in [0.717, 1.165) is 0 Å². The van der Waals surface area contributed by atoms with Crippen LogP contribution in [-0.4, -0.2) is 7.22 Å². The van der Waals surface area contributed by atoms with Gasteiger partial charge in [-0.1, -0.05) is 42.8 Å². The van der Waals surface area contributed by atoms with Gasteiger partial charge in [-0.3, -0.25) is 0 Å². The molecule has 0 amide bonds. The number of halogens is 2. The first kappa shape index (κ1) is 11.4. The largest absolute Gasteiger partial charge is 0.152 e. The third-order valence-electron chi connectivity index (χ3n) is 1.32. The summed E-state index contributed by atoms with van der Waals surface area (Å²) in [6.45, 7) is 6.92. The van der Waals surface area contributed by atoms with Gasteiger partial charge in [0.1, 0.15) is 7.22 Å². The summed E-state index contributed by atoms with van der Waals surface area (Å²) in [5.74, 6) is 0. The molecule has 0 aliphatic heterocycles. The van der Waals surface area contributed by atoms with Gasteiger partial charge in [-0.2, -0.15) is 11.2 Å². The van der Waals surface area contributed by atoms with Crippen molar-refractivity contribution in [2.45, 2.75) is 24.5 Å². The molecule has 0 aliphatic carbocycles. The average molecular weight is 251 g/mol. The van der Waals surface area contributed by atoms with E-state index in [1.54, 1.807) is 0 Å². The molecule has 0 atom stereocenters. The van der Waals surface area contributed by atoms with Crippen LogP contribution in [0.1, 0.15) is 0 Å². The van der Waals surface area contributed by atoms with Gasteiger partial charge in [-0.15, -0.1) is 0 Å². The summed E-state index contributed by atoms with van der Waals surface area (Å²) >= 11 is 13.7. The van der Waals surface area contributed by atoms with Crippen molar-refractivity contribution in [2.75, 3.05) is 0 Å². The molecule has 0 heterocycles. The topological polar surface area (TPSA) is 0 Å². The molecule has 1 aromatic carbocycles. The van der Waals surface area contributed by atoms with Crippen LogP contribution in [0.25, 0.3) is 0 Å². The zero-order chi connectivity index (χ0) is 10.1. The number of benzene rings is 1. The normalized spacial score (nSPS) is 11.8. The van der Waals surface area contributed by atoms with E-state index in [1.807, 2.05) is 29.4 Å². The molecule has 0 spiro atoms. The molecule has 4 heteroatoms. The lowest BCUT2D eigenvalue weighted by atomic mass is 10.4. The third-order valence-corrected chi connectivity index (χ3v) is 5.70. The maximum Gasteiger partial charge on any atom is 0.114 e. The minimum Gasteiger partial charge on any atom is -0.152 e. The van der Waals surface area contributed by atoms with Gasteiger partial charge < -0.3 is 0 Å². The Balaban J connectivity index is 2.86. The molecular weight excluding hydrogens is 239 g/mol. The second kappa shape index (κ2) is 4.26. The molecule has 0 fully saturated rings. The lowest BCUT2D eigenvalue weighted by Gasteiger charge is -2.15. The molecule has 1 aromatic rings. The third kappa shape index (κ3) is 3.94. The molecule has 72 valence electrons. The average Bonchev–Trinajstić information content (AvgIpc) is 1.94. The lowest BCUT2D eigenvalue weighted by molar-refractivity contribution is 1.47. The second-order valence-electron chi connectivity index (χ2n) is 3.79. The Labute approximate surface area is 94.3 Å². The summed E-state index contributed by atoms with van der Waals surface area (Å²) < 4.78 is 0. The number of hydrogen-bond acceptors (Lipinski definition) is 1. The molecule has 0 aliphatic rings. The Morgan fingerprint density at radius 3 is 2.15 bits per heavy atom. The number of rotatable bonds is 2. The summed E-state index contributed by atoms with van der Waals surface area (Å²) in [6.07, 6.45) is 0. The number of hydrogen-bond donors (Lipinski definition) is 0. The molecule has 1 rings (SSSR count). The molecule has 0 bridgehead atoms. The molecular formula is C9H12Cl2SSi. The Morgan fingerprint density at radius 1 is 1.08 bits per heavy atom. The second-order valence-corrected chi connectivity index (χ2v) is 13.8. The Bertz CT molecular complexity index is 307. The molecule has 0 N–H and O–H groups in total. The van der Waals surface area contributed by atoms with E-state index in [0.29, 0.717) is 10.0 Å². The zero-order valence-corrected chi connectivity index (χ0v) is 11.2. The van der Waals surface area contributed by atoms with E-state index in [-0.39, 0.29) is 0 Å². The van der Waals surface area contributed by atoms with Crippen molar-refractivity contribution in [3.63, 3.8) is 0 Å². The predicted octanol–water partition coefficient (Wildman–Crippen LogP) is 4.92. The molecule has 0 unspecified atom stereocenters. The zero-order valence-electron chi connectivity index (χ0n) is 7.90. The summed E-state index contributed by atoms with van der Waals surface area (Å²) in [5.41, 5.74) is 0. The first-order chi connectivity index (χ1) is 5.88. The van der Waals surface area contributed by atoms with Gasteiger partial charge in [0.15, 0.2) is 0 Å². The summed E-state index contributed by atoms with van der Waals surface area (Å²) in [7, 11) is -1.12. The minimum atomic E-state index is -1.12. The summed E-state index contributed by atoms with van der Waals surface area (Å²) in [4.78, 5) is 1.22. The van der Waals surface area contributed by atoms with Gasteiger partial charge in [0.05, 0.1) is 10.0 Å². The van der Waals surface area contributed by atoms with E-state index >= 15 is 0 Å². The van der Waals surface area contributed by atoms with Crippen molar-refractivity contribution in [2.24, 2.45) is 0 Å².